The van der Waals surface area contributed by atoms with Crippen LogP contribution in [0.5, 0.6) is 0 Å². The molecule has 1 aromatic rings. The molecule has 2 saturated carbocycles. The molecule has 64 heavy (non-hydrogen) atoms. The van der Waals surface area contributed by atoms with Crippen LogP contribution in [0.4, 0.5) is 0 Å². The van der Waals surface area contributed by atoms with Gasteiger partial charge in [-0.25, -0.2) is 0 Å². The normalized spacial score (nSPS) is 17.6. The Labute approximate surface area is 410 Å². The second-order valence-corrected chi connectivity index (χ2v) is 31.3. The smallest absolute Gasteiger partial charge is 0.0239 e. The van der Waals surface area contributed by atoms with E-state index >= 15 is 0 Å². The van der Waals surface area contributed by atoms with E-state index in [0.29, 0.717) is 48.7 Å². The Bertz CT molecular complexity index is 1220. The maximum absolute atomic E-state index is 2.38. The summed E-state index contributed by atoms with van der Waals surface area (Å²) in [7, 11) is 0. The minimum atomic E-state index is 0.437. The highest BCUT2D eigenvalue weighted by Gasteiger charge is 2.31. The van der Waals surface area contributed by atoms with Gasteiger partial charge in [-0.2, -0.15) is 0 Å². The van der Waals surface area contributed by atoms with Gasteiger partial charge in [0, 0.05) is 0 Å². The van der Waals surface area contributed by atoms with Crippen LogP contribution in [0.3, 0.4) is 0 Å². The monoisotopic (exact) mass is 897 g/mol. The molecule has 3 aliphatic carbocycles. The van der Waals surface area contributed by atoms with Gasteiger partial charge in [0.2, 0.25) is 0 Å². The molecule has 4 rings (SSSR count). The van der Waals surface area contributed by atoms with Crippen molar-refractivity contribution in [3.63, 3.8) is 0 Å². The highest BCUT2D eigenvalue weighted by Crippen LogP contribution is 2.41. The third-order valence-corrected chi connectivity index (χ3v) is 15.8. The summed E-state index contributed by atoms with van der Waals surface area (Å²) in [5, 5.41) is 0. The number of hydrogen-bond donors (Lipinski definition) is 0. The fraction of sp³-hybridized carbons (Fsp3) is 0.906. The van der Waals surface area contributed by atoms with Gasteiger partial charge in [0.25, 0.3) is 0 Å². The molecule has 3 aliphatic rings. The Hall–Kier alpha value is -0.780. The summed E-state index contributed by atoms with van der Waals surface area (Å²) in [6.45, 7) is 71.4. The number of fused-ring (bicyclic) bond motifs is 1. The van der Waals surface area contributed by atoms with Crippen molar-refractivity contribution in [2.75, 3.05) is 0 Å². The molecule has 0 saturated heterocycles. The van der Waals surface area contributed by atoms with Crippen LogP contribution in [-0.2, 0) is 12.8 Å². The maximum atomic E-state index is 2.38. The first-order chi connectivity index (χ1) is 28.2. The molecule has 0 bridgehead atoms. The molecule has 2 fully saturated rings. The zero-order valence-electron chi connectivity index (χ0n) is 50.9. The molecule has 1 aromatic carbocycles. The first-order valence-electron chi connectivity index (χ1n) is 27.2. The van der Waals surface area contributed by atoms with Crippen molar-refractivity contribution in [3.8, 4) is 0 Å². The van der Waals surface area contributed by atoms with E-state index in [2.05, 4.69) is 239 Å². The van der Waals surface area contributed by atoms with Crippen LogP contribution in [0.2, 0.25) is 0 Å². The number of benzene rings is 1. The van der Waals surface area contributed by atoms with Crippen LogP contribution in [0.25, 0.3) is 0 Å². The Kier molecular flexibility index (Phi) is 29.6. The third kappa shape index (κ3) is 34.5. The molecule has 0 aromatic heterocycles. The van der Waals surface area contributed by atoms with Crippen LogP contribution < -0.4 is 0 Å². The van der Waals surface area contributed by atoms with Crippen molar-refractivity contribution in [1.29, 1.82) is 0 Å². The zero-order chi connectivity index (χ0) is 51.6. The lowest BCUT2D eigenvalue weighted by Gasteiger charge is -2.34. The van der Waals surface area contributed by atoms with E-state index in [0.717, 1.165) is 29.6 Å². The Morgan fingerprint density at radius 3 is 0.812 bits per heavy atom. The summed E-state index contributed by atoms with van der Waals surface area (Å²) in [6, 6.07) is 8.87. The van der Waals surface area contributed by atoms with E-state index < -0.39 is 0 Å². The second-order valence-electron chi connectivity index (χ2n) is 31.3. The summed E-state index contributed by atoms with van der Waals surface area (Å²) in [5.74, 6) is 4.50. The summed E-state index contributed by atoms with van der Waals surface area (Å²) >= 11 is 0. The molecule has 0 heterocycles. The van der Waals surface area contributed by atoms with E-state index in [1.165, 1.54) is 83.5 Å². The largest absolute Gasteiger partial charge is 0.0651 e. The minimum Gasteiger partial charge on any atom is -0.0651 e. The third-order valence-electron chi connectivity index (χ3n) is 15.8. The Morgan fingerprint density at radius 1 is 0.406 bits per heavy atom. The van der Waals surface area contributed by atoms with Gasteiger partial charge >= 0.3 is 0 Å². The summed E-state index contributed by atoms with van der Waals surface area (Å²) in [6.07, 6.45) is 18.4. The van der Waals surface area contributed by atoms with E-state index in [1.54, 1.807) is 11.1 Å². The van der Waals surface area contributed by atoms with Crippen molar-refractivity contribution >= 4 is 0 Å². The Balaban J connectivity index is -0.000000686. The molecule has 1 atom stereocenters. The number of hydrogen-bond acceptors (Lipinski definition) is 0. The summed E-state index contributed by atoms with van der Waals surface area (Å²) in [4.78, 5) is 0. The molecule has 0 amide bonds. The maximum Gasteiger partial charge on any atom is -0.0239 e. The fourth-order valence-electron chi connectivity index (χ4n) is 8.14. The lowest BCUT2D eigenvalue weighted by atomic mass is 9.71. The van der Waals surface area contributed by atoms with Gasteiger partial charge in [-0.1, -0.05) is 277 Å². The van der Waals surface area contributed by atoms with Gasteiger partial charge in [-0.3, -0.25) is 0 Å². The molecular weight excluding hydrogens is 769 g/mol. The van der Waals surface area contributed by atoms with Crippen LogP contribution in [0.15, 0.2) is 24.3 Å². The second kappa shape index (κ2) is 28.0. The molecule has 0 spiro atoms. The van der Waals surface area contributed by atoms with E-state index in [4.69, 9.17) is 0 Å². The first kappa shape index (κ1) is 67.5. The van der Waals surface area contributed by atoms with Gasteiger partial charge in [0.15, 0.2) is 0 Å². The van der Waals surface area contributed by atoms with Crippen LogP contribution in [-0.4, -0.2) is 0 Å². The van der Waals surface area contributed by atoms with Crippen molar-refractivity contribution < 1.29 is 0 Å². The van der Waals surface area contributed by atoms with Crippen molar-refractivity contribution in [1.82, 2.24) is 0 Å². The van der Waals surface area contributed by atoms with E-state index in [9.17, 15) is 0 Å². The average Bonchev–Trinajstić information content (AvgIpc) is 3.78. The Morgan fingerprint density at radius 2 is 0.672 bits per heavy atom. The standard InChI is InChI=1S/C13H18.C10H20.C9H18.C9H20.2C8H18.C7H16/c1-13(2,3)12-8-10-6-4-5-7-11(10)9-12;1-10(2,3)9-7-5-4-6-8-9;1-9(2,3)8-6-4-5-7-8;1-8(2,3)7-9(4,5)6;1-7(2,3)8(4,5)6;1-6-7(2)8(3,4)5;1-6(2)7(3,4)5/h4-7,12H,8-9H2,1-3H3;9H,4-8H2,1-3H3;8H,4-7H2,1-3H3;7H2,1-6H3;1-6H3;7H,6H2,1-5H3;6H,1-5H3. The van der Waals surface area contributed by atoms with Crippen molar-refractivity contribution in [2.45, 2.75) is 298 Å². The van der Waals surface area contributed by atoms with Gasteiger partial charge < -0.3 is 0 Å². The average molecular weight is 898 g/mol. The van der Waals surface area contributed by atoms with Gasteiger partial charge in [0.1, 0.15) is 0 Å². The minimum absolute atomic E-state index is 0.437. The lowest BCUT2D eigenvalue weighted by molar-refractivity contribution is 0.157. The number of rotatable bonds is 1. The SMILES string of the molecule is CC(C)(C)C(C)(C)C.CC(C)(C)C1CCCC1.CC(C)(C)C1CCCCC1.CC(C)(C)C1Cc2ccccc2C1.CC(C)(C)CC(C)(C)C.CC(C)C(C)(C)C.CCC(C)C(C)(C)C. The van der Waals surface area contributed by atoms with Crippen LogP contribution in [0, 0.1) is 78.3 Å². The lowest BCUT2D eigenvalue weighted by Crippen LogP contribution is -2.25. The van der Waals surface area contributed by atoms with Gasteiger partial charge in [-0.05, 0) is 134 Å². The highest BCUT2D eigenvalue weighted by molar-refractivity contribution is 5.32. The first-order valence-corrected chi connectivity index (χ1v) is 27.2. The molecule has 0 radical (unpaired) electrons. The van der Waals surface area contributed by atoms with E-state index in [-0.39, 0.29) is 0 Å². The summed E-state index contributed by atoms with van der Waals surface area (Å²) < 4.78 is 0. The molecular formula is C64H128. The van der Waals surface area contributed by atoms with Gasteiger partial charge in [0.05, 0.1) is 0 Å². The van der Waals surface area contributed by atoms with Crippen LogP contribution >= 0.6 is 0 Å². The molecule has 0 N–H and O–H groups in total. The quantitative estimate of drug-likeness (QED) is 0.263. The molecule has 0 heteroatoms. The van der Waals surface area contributed by atoms with Crippen molar-refractivity contribution in [2.24, 2.45) is 78.3 Å². The predicted molar refractivity (Wildman–Crippen MR) is 300 cm³/mol. The zero-order valence-corrected chi connectivity index (χ0v) is 50.9. The molecule has 384 valence electrons. The van der Waals surface area contributed by atoms with E-state index in [1.807, 2.05) is 0 Å². The molecule has 0 nitrogen and oxygen atoms in total. The topological polar surface area (TPSA) is 0 Å². The van der Waals surface area contributed by atoms with Gasteiger partial charge in [-0.15, -0.1) is 0 Å². The highest BCUT2D eigenvalue weighted by atomic mass is 14.4. The fourth-order valence-corrected chi connectivity index (χ4v) is 8.14. The van der Waals surface area contributed by atoms with Crippen molar-refractivity contribution in [3.05, 3.63) is 35.4 Å². The predicted octanol–water partition coefficient (Wildman–Crippen LogP) is 22.6. The summed E-state index contributed by atoms with van der Waals surface area (Å²) in [5.41, 5.74) is 7.60. The van der Waals surface area contributed by atoms with Crippen LogP contribution in [0.1, 0.15) is 296 Å². The molecule has 0 aliphatic heterocycles. The molecule has 1 unspecified atom stereocenters.